The molecule has 3 rings (SSSR count). The van der Waals surface area contributed by atoms with Crippen molar-refractivity contribution < 1.29 is 9.47 Å². The fraction of sp³-hybridized carbons (Fsp3) is 0.182. The third-order valence-electron chi connectivity index (χ3n) is 4.19. The van der Waals surface area contributed by atoms with E-state index in [4.69, 9.17) is 9.47 Å². The average Bonchev–Trinajstić information content (AvgIpc) is 2.69. The summed E-state index contributed by atoms with van der Waals surface area (Å²) in [5.41, 5.74) is 3.70. The van der Waals surface area contributed by atoms with Crippen molar-refractivity contribution in [2.45, 2.75) is 13.1 Å². The second-order valence-corrected chi connectivity index (χ2v) is 5.89. The molecule has 0 spiro atoms. The molecular formula is C22H23NO2. The Balaban J connectivity index is 1.81. The number of methoxy groups -OCH3 is 2. The molecule has 0 saturated carbocycles. The fourth-order valence-corrected chi connectivity index (χ4v) is 2.78. The molecule has 0 aromatic heterocycles. The summed E-state index contributed by atoms with van der Waals surface area (Å²) < 4.78 is 10.5. The number of anilines is 1. The van der Waals surface area contributed by atoms with Crippen LogP contribution in [-0.4, -0.2) is 14.2 Å². The standard InChI is InChI=1S/C22H23NO2/c1-24-21-12-8-18(9-13-21)16-23(20-6-4-3-5-7-20)17-19-10-14-22(25-2)15-11-19/h3-15H,16-17H2,1-2H3. The van der Waals surface area contributed by atoms with E-state index in [1.54, 1.807) is 14.2 Å². The zero-order valence-corrected chi connectivity index (χ0v) is 14.7. The Morgan fingerprint density at radius 3 is 1.44 bits per heavy atom. The Kier molecular flexibility index (Phi) is 5.57. The molecular weight excluding hydrogens is 310 g/mol. The summed E-state index contributed by atoms with van der Waals surface area (Å²) in [6.45, 7) is 1.67. The minimum absolute atomic E-state index is 0.833. The molecule has 0 amide bonds. The van der Waals surface area contributed by atoms with Gasteiger partial charge in [0.1, 0.15) is 11.5 Å². The maximum absolute atomic E-state index is 5.25. The van der Waals surface area contributed by atoms with Gasteiger partial charge in [-0.25, -0.2) is 0 Å². The third kappa shape index (κ3) is 4.54. The summed E-state index contributed by atoms with van der Waals surface area (Å²) in [4.78, 5) is 2.36. The van der Waals surface area contributed by atoms with Gasteiger partial charge in [0.25, 0.3) is 0 Å². The molecule has 3 aromatic rings. The van der Waals surface area contributed by atoms with Gasteiger partial charge in [-0.1, -0.05) is 42.5 Å². The van der Waals surface area contributed by atoms with Crippen molar-refractivity contribution in [2.75, 3.05) is 19.1 Å². The highest BCUT2D eigenvalue weighted by molar-refractivity contribution is 5.48. The van der Waals surface area contributed by atoms with E-state index in [-0.39, 0.29) is 0 Å². The third-order valence-corrected chi connectivity index (χ3v) is 4.19. The zero-order valence-electron chi connectivity index (χ0n) is 14.7. The molecule has 0 radical (unpaired) electrons. The van der Waals surface area contributed by atoms with Crippen molar-refractivity contribution >= 4 is 5.69 Å². The van der Waals surface area contributed by atoms with E-state index < -0.39 is 0 Å². The Bertz CT molecular complexity index is 718. The Labute approximate surface area is 149 Å². The van der Waals surface area contributed by atoms with Crippen LogP contribution < -0.4 is 14.4 Å². The minimum Gasteiger partial charge on any atom is -0.497 e. The summed E-state index contributed by atoms with van der Waals surface area (Å²) >= 11 is 0. The summed E-state index contributed by atoms with van der Waals surface area (Å²) in [5.74, 6) is 1.76. The molecule has 0 fully saturated rings. The second-order valence-electron chi connectivity index (χ2n) is 5.89. The van der Waals surface area contributed by atoms with Gasteiger partial charge in [-0.3, -0.25) is 0 Å². The number of benzene rings is 3. The van der Waals surface area contributed by atoms with Crippen LogP contribution in [0.25, 0.3) is 0 Å². The van der Waals surface area contributed by atoms with Crippen molar-refractivity contribution in [1.82, 2.24) is 0 Å². The normalized spacial score (nSPS) is 10.3. The van der Waals surface area contributed by atoms with Gasteiger partial charge in [0.2, 0.25) is 0 Å². The SMILES string of the molecule is COc1ccc(CN(Cc2ccc(OC)cc2)c2ccccc2)cc1. The molecule has 0 saturated heterocycles. The Hall–Kier alpha value is -2.94. The summed E-state index contributed by atoms with van der Waals surface area (Å²) in [6.07, 6.45) is 0. The number of ether oxygens (including phenoxy) is 2. The lowest BCUT2D eigenvalue weighted by Gasteiger charge is -2.25. The highest BCUT2D eigenvalue weighted by Gasteiger charge is 2.09. The molecule has 3 aromatic carbocycles. The molecule has 3 heteroatoms. The van der Waals surface area contributed by atoms with Gasteiger partial charge in [-0.15, -0.1) is 0 Å². The lowest BCUT2D eigenvalue weighted by atomic mass is 10.1. The molecule has 0 N–H and O–H groups in total. The molecule has 0 aliphatic heterocycles. The van der Waals surface area contributed by atoms with Crippen LogP contribution in [0.4, 0.5) is 5.69 Å². The van der Waals surface area contributed by atoms with E-state index in [1.165, 1.54) is 16.8 Å². The average molecular weight is 333 g/mol. The maximum atomic E-state index is 5.25. The predicted octanol–water partition coefficient (Wildman–Crippen LogP) is 4.91. The predicted molar refractivity (Wildman–Crippen MR) is 102 cm³/mol. The lowest BCUT2D eigenvalue weighted by molar-refractivity contribution is 0.414. The first-order valence-corrected chi connectivity index (χ1v) is 8.34. The summed E-state index contributed by atoms with van der Waals surface area (Å²) in [5, 5.41) is 0. The summed E-state index contributed by atoms with van der Waals surface area (Å²) in [7, 11) is 3.38. The molecule has 0 aliphatic carbocycles. The number of hydrogen-bond acceptors (Lipinski definition) is 3. The van der Waals surface area contributed by atoms with E-state index in [9.17, 15) is 0 Å². The van der Waals surface area contributed by atoms with Gasteiger partial charge in [-0.2, -0.15) is 0 Å². The van der Waals surface area contributed by atoms with Gasteiger partial charge in [0.05, 0.1) is 14.2 Å². The van der Waals surface area contributed by atoms with E-state index in [0.717, 1.165) is 24.6 Å². The molecule has 0 aliphatic rings. The highest BCUT2D eigenvalue weighted by Crippen LogP contribution is 2.22. The monoisotopic (exact) mass is 333 g/mol. The lowest BCUT2D eigenvalue weighted by Crippen LogP contribution is -2.22. The first kappa shape index (κ1) is 16.9. The molecule has 128 valence electrons. The molecule has 0 atom stereocenters. The van der Waals surface area contributed by atoms with Crippen LogP contribution in [0.3, 0.4) is 0 Å². The maximum Gasteiger partial charge on any atom is 0.118 e. The van der Waals surface area contributed by atoms with Crippen LogP contribution in [0.1, 0.15) is 11.1 Å². The van der Waals surface area contributed by atoms with Gasteiger partial charge in [0.15, 0.2) is 0 Å². The van der Waals surface area contributed by atoms with Gasteiger partial charge in [0, 0.05) is 18.8 Å². The first-order chi connectivity index (χ1) is 12.3. The number of hydrogen-bond donors (Lipinski definition) is 0. The molecule has 0 bridgehead atoms. The largest absolute Gasteiger partial charge is 0.497 e. The van der Waals surface area contributed by atoms with Gasteiger partial charge < -0.3 is 14.4 Å². The molecule has 0 heterocycles. The smallest absolute Gasteiger partial charge is 0.118 e. The Morgan fingerprint density at radius 1 is 0.600 bits per heavy atom. The topological polar surface area (TPSA) is 21.7 Å². The molecule has 25 heavy (non-hydrogen) atoms. The van der Waals surface area contributed by atoms with Crippen LogP contribution in [0.5, 0.6) is 11.5 Å². The van der Waals surface area contributed by atoms with Crippen molar-refractivity contribution in [1.29, 1.82) is 0 Å². The van der Waals surface area contributed by atoms with Crippen molar-refractivity contribution in [3.8, 4) is 11.5 Å². The van der Waals surface area contributed by atoms with Crippen LogP contribution in [0.15, 0.2) is 78.9 Å². The Morgan fingerprint density at radius 2 is 1.04 bits per heavy atom. The van der Waals surface area contributed by atoms with E-state index >= 15 is 0 Å². The quantitative estimate of drug-likeness (QED) is 0.613. The number of nitrogens with zero attached hydrogens (tertiary/aromatic N) is 1. The van der Waals surface area contributed by atoms with E-state index in [1.807, 2.05) is 30.3 Å². The van der Waals surface area contributed by atoms with Gasteiger partial charge in [-0.05, 0) is 47.5 Å². The molecule has 3 nitrogen and oxygen atoms in total. The van der Waals surface area contributed by atoms with Crippen molar-refractivity contribution in [3.05, 3.63) is 90.0 Å². The first-order valence-electron chi connectivity index (χ1n) is 8.34. The minimum atomic E-state index is 0.833. The van der Waals surface area contributed by atoms with Crippen molar-refractivity contribution in [3.63, 3.8) is 0 Å². The summed E-state index contributed by atoms with van der Waals surface area (Å²) in [6, 6.07) is 27.0. The van der Waals surface area contributed by atoms with Crippen LogP contribution in [0.2, 0.25) is 0 Å². The van der Waals surface area contributed by atoms with E-state index in [2.05, 4.69) is 53.4 Å². The fourth-order valence-electron chi connectivity index (χ4n) is 2.78. The number of rotatable bonds is 7. The molecule has 0 unspecified atom stereocenters. The second kappa shape index (κ2) is 8.25. The van der Waals surface area contributed by atoms with Crippen LogP contribution >= 0.6 is 0 Å². The van der Waals surface area contributed by atoms with Crippen LogP contribution in [0, 0.1) is 0 Å². The van der Waals surface area contributed by atoms with Crippen molar-refractivity contribution in [2.24, 2.45) is 0 Å². The number of para-hydroxylation sites is 1. The van der Waals surface area contributed by atoms with Crippen LogP contribution in [-0.2, 0) is 13.1 Å². The van der Waals surface area contributed by atoms with Gasteiger partial charge >= 0.3 is 0 Å². The zero-order chi connectivity index (χ0) is 17.5. The highest BCUT2D eigenvalue weighted by atomic mass is 16.5. The van der Waals surface area contributed by atoms with E-state index in [0.29, 0.717) is 0 Å².